The average Bonchev–Trinajstić information content (AvgIpc) is 0.722. The molecule has 0 aromatic carbocycles. The van der Waals surface area contributed by atoms with Crippen LogP contribution in [0, 0.1) is 0 Å². The Kier molecular flexibility index (Phi) is 14.9. The zero-order valence-electron chi connectivity index (χ0n) is 3.23. The van der Waals surface area contributed by atoms with Crippen LogP contribution in [0.5, 0.6) is 0 Å². The summed E-state index contributed by atoms with van der Waals surface area (Å²) in [6, 6.07) is 0. The van der Waals surface area contributed by atoms with Gasteiger partial charge < -0.3 is 19.2 Å². The van der Waals surface area contributed by atoms with E-state index in [2.05, 4.69) is 0 Å². The Morgan fingerprint density at radius 2 is 1.14 bits per heavy atom. The summed E-state index contributed by atoms with van der Waals surface area (Å²) in [5.41, 5.74) is 0. The summed E-state index contributed by atoms with van der Waals surface area (Å²) in [5.74, 6) is 0. The minimum absolute atomic E-state index is 0. The van der Waals surface area contributed by atoms with E-state index in [9.17, 15) is 0 Å². The van der Waals surface area contributed by atoms with Gasteiger partial charge in [-0.05, 0) is 0 Å². The summed E-state index contributed by atoms with van der Waals surface area (Å²) in [6.07, 6.45) is 0. The monoisotopic (exact) mass is 276 g/mol. The van der Waals surface area contributed by atoms with E-state index in [1.807, 2.05) is 0 Å². The molecule has 0 rings (SSSR count). The summed E-state index contributed by atoms with van der Waals surface area (Å²) >= 11 is 0. The fraction of sp³-hybridized carbons (Fsp3) is 0. The topological polar surface area (TPSA) is 86.2 Å². The summed E-state index contributed by atoms with van der Waals surface area (Å²) < 4.78 is 8.55. The van der Waals surface area contributed by atoms with Gasteiger partial charge in [-0.3, -0.25) is 0 Å². The molecule has 0 amide bonds. The third-order valence-corrected chi connectivity index (χ3v) is 0. The molecule has 0 aliphatic carbocycles. The Hall–Kier alpha value is 2.33. The maximum atomic E-state index is 8.55. The molecule has 4 nitrogen and oxygen atoms in total. The van der Waals surface area contributed by atoms with Gasteiger partial charge in [-0.1, -0.05) is 0 Å². The van der Waals surface area contributed by atoms with E-state index >= 15 is 0 Å². The molecule has 0 fully saturated rings. The average molecular weight is 275 g/mol. The number of phosphoric acid groups is 1. The molecule has 0 bridgehead atoms. The molecule has 0 heterocycles. The Morgan fingerprint density at radius 3 is 1.14 bits per heavy atom. The maximum absolute atomic E-state index is 8.55. The third-order valence-electron chi connectivity index (χ3n) is 0. The molecule has 0 unspecified atom stereocenters. The van der Waals surface area contributed by atoms with Gasteiger partial charge in [-0.2, -0.15) is 7.82 Å². The van der Waals surface area contributed by atoms with Crippen LogP contribution in [0.25, 0.3) is 0 Å². The van der Waals surface area contributed by atoms with Crippen LogP contribution in [0.1, 0.15) is 0 Å². The Morgan fingerprint density at radius 1 is 1.14 bits per heavy atom. The molecule has 0 saturated heterocycles. The van der Waals surface area contributed by atoms with Gasteiger partial charge in [0.1, 0.15) is 0 Å². The van der Waals surface area contributed by atoms with E-state index in [1.165, 1.54) is 0 Å². The van der Waals surface area contributed by atoms with Crippen molar-refractivity contribution in [1.29, 1.82) is 0 Å². The van der Waals surface area contributed by atoms with Crippen LogP contribution in [0.3, 0.4) is 0 Å². The summed E-state index contributed by atoms with van der Waals surface area (Å²) in [5, 5.41) is 0. The van der Waals surface area contributed by atoms with Gasteiger partial charge in [0.2, 0.25) is 0 Å². The minimum atomic E-state index is -5.39. The van der Waals surface area contributed by atoms with Crippen molar-refractivity contribution in [3.05, 3.63) is 0 Å². The van der Waals surface area contributed by atoms with E-state index in [0.29, 0.717) is 0 Å². The molecule has 0 atom stereocenters. The molecule has 0 aliphatic heterocycles. The first-order chi connectivity index (χ1) is 2.00. The molecule has 7 heavy (non-hydrogen) atoms. The Bertz CT molecular complexity index is 57.8. The smallest absolute Gasteiger partial charge is 0.822 e. The van der Waals surface area contributed by atoms with E-state index < -0.39 is 7.82 Å². The molecule has 32 valence electrons. The van der Waals surface area contributed by atoms with Crippen molar-refractivity contribution in [2.24, 2.45) is 0 Å². The van der Waals surface area contributed by atoms with Crippen LogP contribution >= 0.6 is 7.82 Å². The van der Waals surface area contributed by atoms with Gasteiger partial charge in [0.25, 0.3) is 0 Å². The van der Waals surface area contributed by atoms with Gasteiger partial charge in [0, 0.05) is 0 Å². The van der Waals surface area contributed by atoms with Crippen LogP contribution in [0.2, 0.25) is 0 Å². The number of hydrogen-bond donors (Lipinski definition) is 0. The summed E-state index contributed by atoms with van der Waals surface area (Å²) in [4.78, 5) is 25.6. The van der Waals surface area contributed by atoms with Crippen LogP contribution in [0.15, 0.2) is 0 Å². The predicted molar refractivity (Wildman–Crippen MR) is 13.4 cm³/mol. The molecular weight excluding hydrogens is 275 g/mol. The van der Waals surface area contributed by atoms with E-state index in [-0.39, 0.29) is 67.9 Å². The second-order valence-corrected chi connectivity index (χ2v) is 1.34. The molecule has 0 aromatic heterocycles. The van der Waals surface area contributed by atoms with Gasteiger partial charge in [-0.15, -0.1) is 0 Å². The van der Waals surface area contributed by atoms with Gasteiger partial charge in [0.05, 0.1) is 0 Å². The molecule has 0 saturated carbocycles. The van der Waals surface area contributed by atoms with Crippen LogP contribution < -0.4 is 14.7 Å². The second kappa shape index (κ2) is 6.45. The maximum Gasteiger partial charge on any atom is 5.00 e. The second-order valence-electron chi connectivity index (χ2n) is 0.447. The van der Waals surface area contributed by atoms with E-state index in [0.717, 1.165) is 0 Å². The SMILES string of the molecule is O=P([O-])([O-])[O-].[Nb+5].[Sr+2]. The fourth-order valence-corrected chi connectivity index (χ4v) is 0. The van der Waals surface area contributed by atoms with E-state index in [4.69, 9.17) is 19.2 Å². The van der Waals surface area contributed by atoms with Crippen molar-refractivity contribution in [2.45, 2.75) is 0 Å². The summed E-state index contributed by atoms with van der Waals surface area (Å²) in [6.45, 7) is 0. The Labute approximate surface area is 93.3 Å². The Balaban J connectivity index is -0.0000000800. The first kappa shape index (κ1) is 16.2. The van der Waals surface area contributed by atoms with Gasteiger partial charge in [0.15, 0.2) is 0 Å². The first-order valence-corrected chi connectivity index (χ1v) is 2.19. The van der Waals surface area contributed by atoms with Crippen molar-refractivity contribution in [1.82, 2.24) is 0 Å². The van der Waals surface area contributed by atoms with Crippen LogP contribution in [-0.4, -0.2) is 45.5 Å². The summed E-state index contributed by atoms with van der Waals surface area (Å²) in [7, 11) is -5.39. The molecule has 0 radical (unpaired) electrons. The zero-order valence-corrected chi connectivity index (χ0v) is 9.80. The first-order valence-electron chi connectivity index (χ1n) is 0.730. The van der Waals surface area contributed by atoms with Crippen molar-refractivity contribution in [3.63, 3.8) is 0 Å². The van der Waals surface area contributed by atoms with Crippen LogP contribution in [-0.2, 0) is 26.9 Å². The number of hydrogen-bond acceptors (Lipinski definition) is 4. The standard InChI is InChI=1S/Nb.H3O4P.Sr/c;1-5(2,3)4;/h;(H3,1,2,3,4);/q+5;;+2/p-3. The number of rotatable bonds is 0. The molecule has 0 spiro atoms. The van der Waals surface area contributed by atoms with Crippen LogP contribution in [0.4, 0.5) is 0 Å². The van der Waals surface area contributed by atoms with Gasteiger partial charge >= 0.3 is 67.9 Å². The third kappa shape index (κ3) is 61.5. The molecule has 7 heteroatoms. The van der Waals surface area contributed by atoms with Crippen molar-refractivity contribution >= 4 is 53.3 Å². The van der Waals surface area contributed by atoms with Gasteiger partial charge in [-0.25, -0.2) is 0 Å². The zero-order chi connectivity index (χ0) is 4.50. The van der Waals surface area contributed by atoms with Crippen molar-refractivity contribution < 1.29 is 41.6 Å². The van der Waals surface area contributed by atoms with Crippen molar-refractivity contribution in [3.8, 4) is 0 Å². The largest absolute Gasteiger partial charge is 5.00 e. The quantitative estimate of drug-likeness (QED) is 0.344. The minimum Gasteiger partial charge on any atom is -0.822 e. The normalized spacial score (nSPS) is 8.43. The molecule has 0 N–H and O–H groups in total. The van der Waals surface area contributed by atoms with Crippen molar-refractivity contribution in [2.75, 3.05) is 0 Å². The molecule has 0 aromatic rings. The predicted octanol–water partition coefficient (Wildman–Crippen LogP) is -3.21. The fourth-order valence-electron chi connectivity index (χ4n) is 0. The van der Waals surface area contributed by atoms with E-state index in [1.54, 1.807) is 0 Å². The molecular formula is NbO4PSr+4. The molecule has 0 aliphatic rings.